The first-order valence-corrected chi connectivity index (χ1v) is 6.46. The van der Waals surface area contributed by atoms with Crippen molar-refractivity contribution in [1.29, 1.82) is 0 Å². The van der Waals surface area contributed by atoms with Crippen molar-refractivity contribution in [1.82, 2.24) is 5.32 Å². The molecule has 0 radical (unpaired) electrons. The lowest BCUT2D eigenvalue weighted by Crippen LogP contribution is -2.44. The maximum atomic E-state index is 12.0. The number of hydrogen-bond acceptors (Lipinski definition) is 2. The average molecular weight is 263 g/mol. The number of hydrogen-bond donors (Lipinski definition) is 2. The van der Waals surface area contributed by atoms with E-state index >= 15 is 0 Å². The second-order valence-corrected chi connectivity index (χ2v) is 5.31. The molecule has 1 aromatic rings. The topological polar surface area (TPSA) is 66.4 Å². The molecule has 104 valence electrons. The molecule has 0 aliphatic carbocycles. The fraction of sp³-hybridized carbons (Fsp3) is 0.467. The highest BCUT2D eigenvalue weighted by molar-refractivity contribution is 5.96. The van der Waals surface area contributed by atoms with Gasteiger partial charge in [-0.15, -0.1) is 0 Å². The molecule has 0 heterocycles. The minimum Gasteiger partial charge on any atom is -0.480 e. The van der Waals surface area contributed by atoms with Gasteiger partial charge >= 0.3 is 5.97 Å². The number of aliphatic carboxylic acids is 1. The molecule has 1 amide bonds. The largest absolute Gasteiger partial charge is 0.480 e. The summed E-state index contributed by atoms with van der Waals surface area (Å²) in [5.74, 6) is -1.12. The van der Waals surface area contributed by atoms with Gasteiger partial charge in [-0.05, 0) is 29.5 Å². The minimum atomic E-state index is -1.01. The number of nitrogens with one attached hydrogen (secondary N) is 1. The van der Waals surface area contributed by atoms with E-state index in [9.17, 15) is 9.59 Å². The van der Waals surface area contributed by atoms with Gasteiger partial charge in [0.2, 0.25) is 0 Å². The van der Waals surface area contributed by atoms with Crippen LogP contribution in [0.3, 0.4) is 0 Å². The Labute approximate surface area is 113 Å². The molecule has 2 N–H and O–H groups in total. The predicted octanol–water partition coefficient (Wildman–Crippen LogP) is 2.65. The first kappa shape index (κ1) is 15.2. The molecule has 4 nitrogen and oxygen atoms in total. The summed E-state index contributed by atoms with van der Waals surface area (Å²) in [6.45, 7) is 7.68. The standard InChI is InChI=1S/C15H21NO3/c1-9(2)11-5-7-12(8-6-11)14(17)16-13(10(3)4)15(18)19/h5-10,13H,1-4H3,(H,16,17)(H,18,19)/t13-/m0/s1. The summed E-state index contributed by atoms with van der Waals surface area (Å²) in [5, 5.41) is 11.6. The summed E-state index contributed by atoms with van der Waals surface area (Å²) in [5.41, 5.74) is 1.63. The average Bonchev–Trinajstić information content (AvgIpc) is 2.34. The van der Waals surface area contributed by atoms with Crippen molar-refractivity contribution >= 4 is 11.9 Å². The first-order chi connectivity index (χ1) is 8.82. The summed E-state index contributed by atoms with van der Waals surface area (Å²) >= 11 is 0. The zero-order valence-electron chi connectivity index (χ0n) is 11.8. The van der Waals surface area contributed by atoms with Gasteiger partial charge in [-0.2, -0.15) is 0 Å². The Morgan fingerprint density at radius 2 is 1.58 bits per heavy atom. The second kappa shape index (κ2) is 6.36. The van der Waals surface area contributed by atoms with Gasteiger partial charge in [0.15, 0.2) is 0 Å². The van der Waals surface area contributed by atoms with Crippen LogP contribution in [0.5, 0.6) is 0 Å². The lowest BCUT2D eigenvalue weighted by molar-refractivity contribution is -0.140. The Morgan fingerprint density at radius 1 is 1.05 bits per heavy atom. The Bertz CT molecular complexity index is 449. The van der Waals surface area contributed by atoms with Crippen LogP contribution in [0.4, 0.5) is 0 Å². The Balaban J connectivity index is 2.80. The van der Waals surface area contributed by atoms with Crippen molar-refractivity contribution in [3.05, 3.63) is 35.4 Å². The van der Waals surface area contributed by atoms with Gasteiger partial charge in [-0.25, -0.2) is 4.79 Å². The van der Waals surface area contributed by atoms with Gasteiger partial charge in [0, 0.05) is 5.56 Å². The minimum absolute atomic E-state index is 0.156. The van der Waals surface area contributed by atoms with Crippen LogP contribution in [0.1, 0.15) is 49.5 Å². The zero-order chi connectivity index (χ0) is 14.6. The van der Waals surface area contributed by atoms with Crippen LogP contribution in [0.15, 0.2) is 24.3 Å². The Morgan fingerprint density at radius 3 is 1.95 bits per heavy atom. The molecule has 19 heavy (non-hydrogen) atoms. The van der Waals surface area contributed by atoms with Crippen molar-refractivity contribution in [2.75, 3.05) is 0 Å². The molecule has 0 spiro atoms. The number of benzene rings is 1. The molecule has 0 saturated heterocycles. The van der Waals surface area contributed by atoms with E-state index in [0.717, 1.165) is 5.56 Å². The molecule has 0 bridgehead atoms. The molecule has 4 heteroatoms. The predicted molar refractivity (Wildman–Crippen MR) is 74.3 cm³/mol. The molecular weight excluding hydrogens is 242 g/mol. The lowest BCUT2D eigenvalue weighted by atomic mass is 10.0. The third-order valence-corrected chi connectivity index (χ3v) is 3.06. The summed E-state index contributed by atoms with van der Waals surface area (Å²) in [6.07, 6.45) is 0. The normalized spacial score (nSPS) is 12.5. The van der Waals surface area contributed by atoms with E-state index in [1.807, 2.05) is 12.1 Å². The zero-order valence-corrected chi connectivity index (χ0v) is 11.8. The molecule has 0 aliphatic rings. The molecule has 1 atom stereocenters. The fourth-order valence-corrected chi connectivity index (χ4v) is 1.76. The van der Waals surface area contributed by atoms with Gasteiger partial charge in [0.1, 0.15) is 6.04 Å². The second-order valence-electron chi connectivity index (χ2n) is 5.31. The summed E-state index contributed by atoms with van der Waals surface area (Å²) in [4.78, 5) is 23.0. The Kier molecular flexibility index (Phi) is 5.10. The molecule has 0 aromatic heterocycles. The van der Waals surface area contributed by atoms with E-state index in [-0.39, 0.29) is 11.8 Å². The number of carboxylic acids is 1. The Hall–Kier alpha value is -1.84. The van der Waals surface area contributed by atoms with Crippen LogP contribution in [0.25, 0.3) is 0 Å². The van der Waals surface area contributed by atoms with E-state index < -0.39 is 12.0 Å². The smallest absolute Gasteiger partial charge is 0.326 e. The van der Waals surface area contributed by atoms with Gasteiger partial charge < -0.3 is 10.4 Å². The maximum Gasteiger partial charge on any atom is 0.326 e. The highest BCUT2D eigenvalue weighted by Crippen LogP contribution is 2.15. The third-order valence-electron chi connectivity index (χ3n) is 3.06. The molecule has 0 unspecified atom stereocenters. The highest BCUT2D eigenvalue weighted by Gasteiger charge is 2.23. The number of amides is 1. The van der Waals surface area contributed by atoms with Crippen LogP contribution in [0, 0.1) is 5.92 Å². The number of carbonyl (C=O) groups excluding carboxylic acids is 1. The van der Waals surface area contributed by atoms with Crippen LogP contribution >= 0.6 is 0 Å². The van der Waals surface area contributed by atoms with Gasteiger partial charge in [-0.1, -0.05) is 39.8 Å². The van der Waals surface area contributed by atoms with E-state index in [2.05, 4.69) is 19.2 Å². The summed E-state index contributed by atoms with van der Waals surface area (Å²) < 4.78 is 0. The lowest BCUT2D eigenvalue weighted by Gasteiger charge is -2.18. The molecular formula is C15H21NO3. The van der Waals surface area contributed by atoms with E-state index in [0.29, 0.717) is 11.5 Å². The third kappa shape index (κ3) is 4.09. The fourth-order valence-electron chi connectivity index (χ4n) is 1.76. The van der Waals surface area contributed by atoms with Crippen LogP contribution < -0.4 is 5.32 Å². The first-order valence-electron chi connectivity index (χ1n) is 6.46. The van der Waals surface area contributed by atoms with Crippen molar-refractivity contribution in [3.8, 4) is 0 Å². The van der Waals surface area contributed by atoms with Crippen molar-refractivity contribution in [2.45, 2.75) is 39.7 Å². The van der Waals surface area contributed by atoms with E-state index in [1.165, 1.54) is 0 Å². The van der Waals surface area contributed by atoms with Crippen LogP contribution in [-0.4, -0.2) is 23.0 Å². The molecule has 0 fully saturated rings. The van der Waals surface area contributed by atoms with Crippen LogP contribution in [-0.2, 0) is 4.79 Å². The molecule has 0 saturated carbocycles. The monoisotopic (exact) mass is 263 g/mol. The van der Waals surface area contributed by atoms with E-state index in [4.69, 9.17) is 5.11 Å². The highest BCUT2D eigenvalue weighted by atomic mass is 16.4. The number of carboxylic acid groups (broad SMARTS) is 1. The summed E-state index contributed by atoms with van der Waals surface area (Å²) in [6, 6.07) is 6.38. The van der Waals surface area contributed by atoms with Crippen molar-refractivity contribution in [2.24, 2.45) is 5.92 Å². The van der Waals surface area contributed by atoms with Crippen molar-refractivity contribution < 1.29 is 14.7 Å². The van der Waals surface area contributed by atoms with Crippen molar-refractivity contribution in [3.63, 3.8) is 0 Å². The quantitative estimate of drug-likeness (QED) is 0.858. The summed E-state index contributed by atoms with van der Waals surface area (Å²) in [7, 11) is 0. The van der Waals surface area contributed by atoms with Gasteiger partial charge in [-0.3, -0.25) is 4.79 Å². The SMILES string of the molecule is CC(C)c1ccc(C(=O)N[C@H](C(=O)O)C(C)C)cc1. The number of rotatable bonds is 5. The van der Waals surface area contributed by atoms with Crippen LogP contribution in [0.2, 0.25) is 0 Å². The molecule has 1 aromatic carbocycles. The molecule has 1 rings (SSSR count). The van der Waals surface area contributed by atoms with E-state index in [1.54, 1.807) is 26.0 Å². The van der Waals surface area contributed by atoms with Gasteiger partial charge in [0.25, 0.3) is 5.91 Å². The molecule has 0 aliphatic heterocycles. The maximum absolute atomic E-state index is 12.0. The number of carbonyl (C=O) groups is 2. The van der Waals surface area contributed by atoms with Gasteiger partial charge in [0.05, 0.1) is 0 Å².